The van der Waals surface area contributed by atoms with Crippen LogP contribution < -0.4 is 0 Å². The van der Waals surface area contributed by atoms with E-state index < -0.39 is 12.0 Å². The number of aliphatic carboxylic acids is 1. The normalized spacial score (nSPS) is 25.0. The lowest BCUT2D eigenvalue weighted by Gasteiger charge is -2.37. The lowest BCUT2D eigenvalue weighted by molar-refractivity contribution is -0.157. The van der Waals surface area contributed by atoms with Gasteiger partial charge in [-0.15, -0.1) is 6.58 Å². The molecule has 0 fully saturated rings. The van der Waals surface area contributed by atoms with E-state index in [-0.39, 0.29) is 6.04 Å². The molecule has 0 aliphatic carbocycles. The van der Waals surface area contributed by atoms with Crippen molar-refractivity contribution in [2.45, 2.75) is 25.4 Å². The Morgan fingerprint density at radius 1 is 1.78 bits per heavy atom. The molecular formula is C13H22N2O3. The van der Waals surface area contributed by atoms with Gasteiger partial charge < -0.3 is 5.11 Å². The number of nitrogens with zero attached hydrogens (tertiary/aromatic N) is 2. The van der Waals surface area contributed by atoms with E-state index in [1.807, 2.05) is 32.0 Å². The SMILES string of the molecule is C=CCON(C)[C@@H]1C=C(CC)[C@@H](C(=O)O)N(C)C1. The van der Waals surface area contributed by atoms with Crippen molar-refractivity contribution < 1.29 is 14.7 Å². The van der Waals surface area contributed by atoms with Gasteiger partial charge in [0.05, 0.1) is 12.6 Å². The topological polar surface area (TPSA) is 53.0 Å². The fourth-order valence-electron chi connectivity index (χ4n) is 2.22. The molecule has 0 aromatic rings. The van der Waals surface area contributed by atoms with Crippen LogP contribution in [0.2, 0.25) is 0 Å². The monoisotopic (exact) mass is 254 g/mol. The second kappa shape index (κ2) is 6.68. The lowest BCUT2D eigenvalue weighted by Crippen LogP contribution is -2.51. The summed E-state index contributed by atoms with van der Waals surface area (Å²) in [6.07, 6.45) is 4.42. The van der Waals surface area contributed by atoms with Crippen LogP contribution in [-0.4, -0.2) is 60.4 Å². The van der Waals surface area contributed by atoms with Crippen LogP contribution in [0.1, 0.15) is 13.3 Å². The number of hydrogen-bond acceptors (Lipinski definition) is 4. The smallest absolute Gasteiger partial charge is 0.325 e. The summed E-state index contributed by atoms with van der Waals surface area (Å²) in [5.74, 6) is -0.793. The number of hydroxylamine groups is 2. The van der Waals surface area contributed by atoms with Crippen molar-refractivity contribution in [3.05, 3.63) is 24.3 Å². The van der Waals surface area contributed by atoms with Gasteiger partial charge in [-0.3, -0.25) is 14.5 Å². The van der Waals surface area contributed by atoms with Gasteiger partial charge in [0.15, 0.2) is 0 Å². The number of carboxylic acid groups (broad SMARTS) is 1. The molecule has 1 aliphatic rings. The summed E-state index contributed by atoms with van der Waals surface area (Å²) in [6.45, 7) is 6.66. The highest BCUT2D eigenvalue weighted by Crippen LogP contribution is 2.22. The summed E-state index contributed by atoms with van der Waals surface area (Å²) in [7, 11) is 3.68. The zero-order chi connectivity index (χ0) is 13.7. The molecule has 0 amide bonds. The molecule has 1 heterocycles. The summed E-state index contributed by atoms with van der Waals surface area (Å²) >= 11 is 0. The minimum atomic E-state index is -0.793. The van der Waals surface area contributed by atoms with E-state index in [2.05, 4.69) is 6.58 Å². The molecule has 1 aliphatic heterocycles. The molecule has 2 atom stereocenters. The number of carboxylic acids is 1. The summed E-state index contributed by atoms with van der Waals surface area (Å²) < 4.78 is 0. The summed E-state index contributed by atoms with van der Waals surface area (Å²) in [5, 5.41) is 11.0. The first-order valence-electron chi connectivity index (χ1n) is 6.11. The Hall–Kier alpha value is -1.17. The molecule has 0 saturated carbocycles. The first kappa shape index (κ1) is 14.9. The first-order valence-corrected chi connectivity index (χ1v) is 6.11. The Kier molecular flexibility index (Phi) is 5.53. The quantitative estimate of drug-likeness (QED) is 0.569. The summed E-state index contributed by atoms with van der Waals surface area (Å²) in [6, 6.07) is -0.445. The van der Waals surface area contributed by atoms with E-state index in [4.69, 9.17) is 4.84 Å². The molecule has 0 unspecified atom stereocenters. The van der Waals surface area contributed by atoms with Crippen molar-refractivity contribution in [1.29, 1.82) is 0 Å². The van der Waals surface area contributed by atoms with Gasteiger partial charge in [-0.1, -0.05) is 19.1 Å². The van der Waals surface area contributed by atoms with Crippen molar-refractivity contribution >= 4 is 5.97 Å². The largest absolute Gasteiger partial charge is 0.480 e. The molecule has 0 aromatic carbocycles. The van der Waals surface area contributed by atoms with Gasteiger partial charge in [-0.25, -0.2) is 0 Å². The van der Waals surface area contributed by atoms with E-state index in [0.717, 1.165) is 12.0 Å². The first-order chi connectivity index (χ1) is 8.51. The van der Waals surface area contributed by atoms with Crippen molar-refractivity contribution in [3.63, 3.8) is 0 Å². The molecule has 1 N–H and O–H groups in total. The van der Waals surface area contributed by atoms with E-state index >= 15 is 0 Å². The van der Waals surface area contributed by atoms with Gasteiger partial charge in [-0.05, 0) is 19.0 Å². The summed E-state index contributed by atoms with van der Waals surface area (Å²) in [4.78, 5) is 18.6. The maximum absolute atomic E-state index is 11.2. The van der Waals surface area contributed by atoms with Crippen molar-refractivity contribution in [2.24, 2.45) is 0 Å². The predicted molar refractivity (Wildman–Crippen MR) is 70.1 cm³/mol. The van der Waals surface area contributed by atoms with Gasteiger partial charge in [0.1, 0.15) is 6.04 Å². The number of hydrogen-bond donors (Lipinski definition) is 1. The van der Waals surface area contributed by atoms with E-state index in [9.17, 15) is 9.90 Å². The second-order valence-electron chi connectivity index (χ2n) is 4.47. The van der Waals surface area contributed by atoms with Crippen LogP contribution in [0, 0.1) is 0 Å². The van der Waals surface area contributed by atoms with Crippen LogP contribution >= 0.6 is 0 Å². The highest BCUT2D eigenvalue weighted by molar-refractivity contribution is 5.77. The Balaban J connectivity index is 2.82. The molecule has 0 saturated heterocycles. The van der Waals surface area contributed by atoms with E-state index in [0.29, 0.717) is 13.2 Å². The third-order valence-corrected chi connectivity index (χ3v) is 3.18. The lowest BCUT2D eigenvalue weighted by atomic mass is 9.96. The third-order valence-electron chi connectivity index (χ3n) is 3.18. The molecular weight excluding hydrogens is 232 g/mol. The Labute approximate surface area is 108 Å². The van der Waals surface area contributed by atoms with Gasteiger partial charge in [0, 0.05) is 13.6 Å². The van der Waals surface area contributed by atoms with E-state index in [1.165, 1.54) is 0 Å². The minimum absolute atomic E-state index is 0.0699. The predicted octanol–water partition coefficient (Wildman–Crippen LogP) is 1.14. The molecule has 0 aromatic heterocycles. The zero-order valence-corrected chi connectivity index (χ0v) is 11.3. The van der Waals surface area contributed by atoms with Crippen molar-refractivity contribution in [3.8, 4) is 0 Å². The van der Waals surface area contributed by atoms with Crippen LogP contribution in [-0.2, 0) is 9.63 Å². The molecule has 1 rings (SSSR count). The molecule has 5 nitrogen and oxygen atoms in total. The molecule has 0 bridgehead atoms. The molecule has 18 heavy (non-hydrogen) atoms. The van der Waals surface area contributed by atoms with Crippen LogP contribution in [0.4, 0.5) is 0 Å². The zero-order valence-electron chi connectivity index (χ0n) is 11.3. The fourth-order valence-corrected chi connectivity index (χ4v) is 2.22. The number of rotatable bonds is 6. The number of carbonyl (C=O) groups is 1. The number of likely N-dealkylation sites (N-methyl/N-ethyl adjacent to an activating group) is 2. The minimum Gasteiger partial charge on any atom is -0.480 e. The Bertz CT molecular complexity index is 341. The van der Waals surface area contributed by atoms with Gasteiger partial charge in [0.2, 0.25) is 0 Å². The van der Waals surface area contributed by atoms with Crippen molar-refractivity contribution in [1.82, 2.24) is 9.96 Å². The standard InChI is InChI=1S/C13H22N2O3/c1-5-7-18-15(4)11-8-10(6-2)12(13(16)17)14(3)9-11/h5,8,11-12H,1,6-7,9H2,2-4H3,(H,16,17)/t11-,12+/m1/s1. The molecule has 0 radical (unpaired) electrons. The maximum Gasteiger partial charge on any atom is 0.325 e. The Morgan fingerprint density at radius 3 is 2.94 bits per heavy atom. The van der Waals surface area contributed by atoms with Gasteiger partial charge in [0.25, 0.3) is 0 Å². The van der Waals surface area contributed by atoms with Crippen LogP contribution in [0.5, 0.6) is 0 Å². The van der Waals surface area contributed by atoms with Crippen LogP contribution in [0.15, 0.2) is 24.3 Å². The maximum atomic E-state index is 11.2. The van der Waals surface area contributed by atoms with E-state index in [1.54, 1.807) is 11.1 Å². The van der Waals surface area contributed by atoms with Gasteiger partial charge >= 0.3 is 5.97 Å². The highest BCUT2D eigenvalue weighted by atomic mass is 16.7. The summed E-state index contributed by atoms with van der Waals surface area (Å²) in [5.41, 5.74) is 0.926. The average molecular weight is 254 g/mol. The Morgan fingerprint density at radius 2 is 2.44 bits per heavy atom. The van der Waals surface area contributed by atoms with Crippen LogP contribution in [0.25, 0.3) is 0 Å². The molecule has 102 valence electrons. The fraction of sp³-hybridized carbons (Fsp3) is 0.615. The highest BCUT2D eigenvalue weighted by Gasteiger charge is 2.33. The van der Waals surface area contributed by atoms with Crippen molar-refractivity contribution in [2.75, 3.05) is 27.2 Å². The third kappa shape index (κ3) is 3.41. The second-order valence-corrected chi connectivity index (χ2v) is 4.47. The average Bonchev–Trinajstić information content (AvgIpc) is 2.34. The molecule has 0 spiro atoms. The molecule has 5 heteroatoms. The van der Waals surface area contributed by atoms with Gasteiger partial charge in [-0.2, -0.15) is 5.06 Å². The van der Waals surface area contributed by atoms with Crippen LogP contribution in [0.3, 0.4) is 0 Å².